The van der Waals surface area contributed by atoms with Crippen LogP contribution in [-0.4, -0.2) is 44.9 Å². The van der Waals surface area contributed by atoms with Gasteiger partial charge in [0.15, 0.2) is 0 Å². The van der Waals surface area contributed by atoms with Gasteiger partial charge in [0, 0.05) is 35.3 Å². The van der Waals surface area contributed by atoms with Gasteiger partial charge in [0.25, 0.3) is 0 Å². The third-order valence-corrected chi connectivity index (χ3v) is 7.31. The largest absolute Gasteiger partial charge is 0.493 e. The Hall–Kier alpha value is -4.79. The molecule has 0 saturated heterocycles. The number of esters is 1. The van der Waals surface area contributed by atoms with Gasteiger partial charge in [0.05, 0.1) is 49.2 Å². The summed E-state index contributed by atoms with van der Waals surface area (Å²) in [5, 5.41) is 9.09. The summed E-state index contributed by atoms with van der Waals surface area (Å²) in [4.78, 5) is 26.9. The fourth-order valence-corrected chi connectivity index (χ4v) is 5.35. The number of hydrogen-bond donors (Lipinski definition) is 0. The maximum absolute atomic E-state index is 15.0. The van der Waals surface area contributed by atoms with Crippen LogP contribution in [-0.2, 0) is 14.3 Å². The molecule has 42 heavy (non-hydrogen) atoms. The molecule has 0 N–H and O–H groups in total. The van der Waals surface area contributed by atoms with Crippen molar-refractivity contribution in [1.82, 2.24) is 0 Å². The van der Waals surface area contributed by atoms with Crippen molar-refractivity contribution in [3.8, 4) is 17.6 Å². The number of benzene rings is 3. The van der Waals surface area contributed by atoms with Crippen molar-refractivity contribution in [3.63, 3.8) is 0 Å². The van der Waals surface area contributed by atoms with E-state index in [1.807, 2.05) is 6.07 Å². The van der Waals surface area contributed by atoms with Crippen molar-refractivity contribution >= 4 is 28.9 Å². The van der Waals surface area contributed by atoms with Gasteiger partial charge in [-0.25, -0.2) is 4.39 Å². The summed E-state index contributed by atoms with van der Waals surface area (Å²) in [7, 11) is 1.26. The number of carbonyl (C=O) groups is 2. The lowest BCUT2D eigenvalue weighted by Gasteiger charge is -2.30. The van der Waals surface area contributed by atoms with Crippen molar-refractivity contribution < 1.29 is 41.4 Å². The first-order valence-corrected chi connectivity index (χ1v) is 13.0. The fourth-order valence-electron chi connectivity index (χ4n) is 5.35. The molecule has 0 aliphatic carbocycles. The van der Waals surface area contributed by atoms with Gasteiger partial charge in [0.2, 0.25) is 0 Å². The number of halogens is 4. The van der Waals surface area contributed by atoms with Crippen molar-refractivity contribution in [2.24, 2.45) is 0 Å². The summed E-state index contributed by atoms with van der Waals surface area (Å²) in [5.41, 5.74) is 1.55. The Bertz CT molecular complexity index is 1590. The first-order valence-electron chi connectivity index (χ1n) is 13.0. The molecule has 8 nitrogen and oxygen atoms in total. The molecule has 0 saturated carbocycles. The van der Waals surface area contributed by atoms with Crippen LogP contribution < -0.4 is 19.3 Å². The average molecular weight is 584 g/mol. The second-order valence-electron chi connectivity index (χ2n) is 9.73. The van der Waals surface area contributed by atoms with Gasteiger partial charge in [0.1, 0.15) is 23.9 Å². The Morgan fingerprint density at radius 3 is 2.50 bits per heavy atom. The first-order chi connectivity index (χ1) is 20.1. The van der Waals surface area contributed by atoms with Crippen LogP contribution in [0.5, 0.6) is 11.5 Å². The molecule has 12 heteroatoms. The SMILES string of the molecule is CCN(c1ccc(C#N)cc1F)c1cccc2c1OC[C@H]2N(C(=O)C(F)(F)F)c1ccc2c(c1)OC[C@H]2CC(=O)OC. The lowest BCUT2D eigenvalue weighted by molar-refractivity contribution is -0.171. The highest BCUT2D eigenvalue weighted by atomic mass is 19.4. The summed E-state index contributed by atoms with van der Waals surface area (Å²) in [6.45, 7) is 1.89. The van der Waals surface area contributed by atoms with Gasteiger partial charge in [-0.05, 0) is 37.3 Å². The molecule has 0 spiro atoms. The molecule has 1 amide bonds. The molecule has 0 bridgehead atoms. The average Bonchev–Trinajstić information content (AvgIpc) is 3.58. The zero-order valence-corrected chi connectivity index (χ0v) is 22.6. The number of hydrogen-bond acceptors (Lipinski definition) is 7. The number of anilines is 3. The van der Waals surface area contributed by atoms with Crippen molar-refractivity contribution in [2.75, 3.05) is 36.7 Å². The van der Waals surface area contributed by atoms with Gasteiger partial charge in [-0.15, -0.1) is 0 Å². The fraction of sp³-hybridized carbons (Fsp3) is 0.300. The third kappa shape index (κ3) is 5.18. The molecule has 0 radical (unpaired) electrons. The Morgan fingerprint density at radius 2 is 1.83 bits per heavy atom. The van der Waals surface area contributed by atoms with E-state index in [0.29, 0.717) is 21.7 Å². The zero-order chi connectivity index (χ0) is 30.2. The standard InChI is InChI=1S/C30H25F4N3O5/c1-3-36(23-10-7-17(14-35)11-22(23)31)24-6-4-5-21-25(16-42-28(21)24)37(29(39)30(32,33)34)19-8-9-20-18(12-27(38)40-2)15-41-26(20)13-19/h4-11,13,18,25H,3,12,15-16H2,1-2H3/t18-,25-/m1/s1. The van der Waals surface area contributed by atoms with Gasteiger partial charge < -0.3 is 19.1 Å². The second kappa shape index (κ2) is 11.2. The predicted molar refractivity (Wildman–Crippen MR) is 143 cm³/mol. The molecule has 0 fully saturated rings. The maximum Gasteiger partial charge on any atom is 0.471 e. The number of amides is 1. The van der Waals surface area contributed by atoms with Crippen LogP contribution >= 0.6 is 0 Å². The van der Waals surface area contributed by atoms with E-state index in [4.69, 9.17) is 19.5 Å². The van der Waals surface area contributed by atoms with E-state index < -0.39 is 29.9 Å². The van der Waals surface area contributed by atoms with Crippen LogP contribution in [0.1, 0.15) is 42.0 Å². The van der Waals surface area contributed by atoms with E-state index in [1.54, 1.807) is 36.1 Å². The van der Waals surface area contributed by atoms with Gasteiger partial charge in [-0.1, -0.05) is 18.2 Å². The highest BCUT2D eigenvalue weighted by Gasteiger charge is 2.48. The molecule has 0 unspecified atom stereocenters. The van der Waals surface area contributed by atoms with Crippen LogP contribution in [0.25, 0.3) is 0 Å². The van der Waals surface area contributed by atoms with Gasteiger partial charge in [-0.2, -0.15) is 18.4 Å². The third-order valence-electron chi connectivity index (χ3n) is 7.31. The number of fused-ring (bicyclic) bond motifs is 2. The van der Waals surface area contributed by atoms with Gasteiger partial charge >= 0.3 is 18.1 Å². The van der Waals surface area contributed by atoms with Crippen molar-refractivity contribution in [2.45, 2.75) is 31.5 Å². The number of nitrogens with zero attached hydrogens (tertiary/aromatic N) is 3. The molecule has 218 valence electrons. The number of ether oxygens (including phenoxy) is 3. The number of carbonyl (C=O) groups excluding carboxylic acids is 2. The smallest absolute Gasteiger partial charge is 0.471 e. The lowest BCUT2D eigenvalue weighted by Crippen LogP contribution is -2.44. The minimum absolute atomic E-state index is 0.0361. The molecular formula is C30H25F4N3O5. The van der Waals surface area contributed by atoms with Crippen LogP contribution in [0.4, 0.5) is 34.6 Å². The van der Waals surface area contributed by atoms with Crippen LogP contribution in [0.15, 0.2) is 54.6 Å². The molecule has 3 aromatic rings. The molecule has 2 atom stereocenters. The van der Waals surface area contributed by atoms with Crippen LogP contribution in [0, 0.1) is 17.1 Å². The van der Waals surface area contributed by atoms with Crippen LogP contribution in [0.2, 0.25) is 0 Å². The van der Waals surface area contributed by atoms with E-state index in [2.05, 4.69) is 0 Å². The van der Waals surface area contributed by atoms with E-state index >= 15 is 0 Å². The molecule has 2 aliphatic rings. The van der Waals surface area contributed by atoms with Crippen LogP contribution in [0.3, 0.4) is 0 Å². The summed E-state index contributed by atoms with van der Waals surface area (Å²) in [6, 6.07) is 13.8. The Balaban J connectivity index is 1.54. The number of rotatable bonds is 7. The second-order valence-corrected chi connectivity index (χ2v) is 9.73. The minimum Gasteiger partial charge on any atom is -0.493 e. The predicted octanol–water partition coefficient (Wildman–Crippen LogP) is 5.92. The van der Waals surface area contributed by atoms with E-state index in [-0.39, 0.29) is 60.5 Å². The highest BCUT2D eigenvalue weighted by Crippen LogP contribution is 2.48. The van der Waals surface area contributed by atoms with E-state index in [0.717, 1.165) is 6.07 Å². The van der Waals surface area contributed by atoms with E-state index in [9.17, 15) is 27.2 Å². The molecule has 0 aromatic heterocycles. The number of alkyl halides is 3. The Kier molecular flexibility index (Phi) is 7.69. The quantitative estimate of drug-likeness (QED) is 0.252. The molecule has 2 aliphatic heterocycles. The van der Waals surface area contributed by atoms with E-state index in [1.165, 1.54) is 31.4 Å². The summed E-state index contributed by atoms with van der Waals surface area (Å²) < 4.78 is 73.0. The zero-order valence-electron chi connectivity index (χ0n) is 22.6. The summed E-state index contributed by atoms with van der Waals surface area (Å²) >= 11 is 0. The van der Waals surface area contributed by atoms with Crippen molar-refractivity contribution in [1.29, 1.82) is 5.26 Å². The molecule has 5 rings (SSSR count). The highest BCUT2D eigenvalue weighted by molar-refractivity contribution is 5.98. The van der Waals surface area contributed by atoms with Gasteiger partial charge in [-0.3, -0.25) is 14.5 Å². The topological polar surface area (TPSA) is 92.1 Å². The minimum atomic E-state index is -5.20. The molecule has 2 heterocycles. The Labute approximate surface area is 238 Å². The number of methoxy groups -OCH3 is 1. The maximum atomic E-state index is 15.0. The molecular weight excluding hydrogens is 558 g/mol. The number of para-hydroxylation sites is 1. The monoisotopic (exact) mass is 583 g/mol. The lowest BCUT2D eigenvalue weighted by atomic mass is 9.97. The Morgan fingerprint density at radius 1 is 1.05 bits per heavy atom. The first kappa shape index (κ1) is 28.7. The van der Waals surface area contributed by atoms with Crippen molar-refractivity contribution in [3.05, 3.63) is 77.1 Å². The number of nitriles is 1. The normalized spacial score (nSPS) is 16.9. The molecule has 3 aromatic carbocycles. The summed E-state index contributed by atoms with van der Waals surface area (Å²) in [5.74, 6) is -3.06. The summed E-state index contributed by atoms with van der Waals surface area (Å²) in [6.07, 6.45) is -5.16.